The molecule has 1 rings (SSSR count). The van der Waals surface area contributed by atoms with E-state index in [9.17, 15) is 9.59 Å². The molecule has 4 heteroatoms. The van der Waals surface area contributed by atoms with Crippen molar-refractivity contribution in [1.29, 1.82) is 0 Å². The van der Waals surface area contributed by atoms with E-state index in [0.29, 0.717) is 6.42 Å². The molecule has 0 aliphatic heterocycles. The Hall–Kier alpha value is -2.36. The van der Waals surface area contributed by atoms with Gasteiger partial charge in [-0.15, -0.1) is 0 Å². The molecule has 0 atom stereocenters. The van der Waals surface area contributed by atoms with Crippen molar-refractivity contribution < 1.29 is 19.1 Å². The summed E-state index contributed by atoms with van der Waals surface area (Å²) in [5, 5.41) is 0. The van der Waals surface area contributed by atoms with Gasteiger partial charge in [-0.05, 0) is 25.8 Å². The molecule has 0 N–H and O–H groups in total. The Morgan fingerprint density at radius 1 is 1.00 bits per heavy atom. The van der Waals surface area contributed by atoms with Gasteiger partial charge >= 0.3 is 11.9 Å². The molecule has 1 aromatic rings. The topological polar surface area (TPSA) is 52.6 Å². The second kappa shape index (κ2) is 10.4. The van der Waals surface area contributed by atoms with Crippen LogP contribution in [0.4, 0.5) is 0 Å². The fraction of sp³-hybridized carbons (Fsp3) is 0.333. The van der Waals surface area contributed by atoms with Crippen molar-refractivity contribution in [3.05, 3.63) is 54.1 Å². The van der Waals surface area contributed by atoms with Crippen molar-refractivity contribution in [1.82, 2.24) is 0 Å². The maximum Gasteiger partial charge on any atom is 0.324 e. The van der Waals surface area contributed by atoms with Crippen molar-refractivity contribution in [3.63, 3.8) is 0 Å². The molecule has 0 aliphatic rings. The number of ether oxygens (including phenoxy) is 2. The molecule has 0 aliphatic carbocycles. The quantitative estimate of drug-likeness (QED) is 0.419. The van der Waals surface area contributed by atoms with Crippen LogP contribution in [-0.2, 0) is 19.1 Å². The van der Waals surface area contributed by atoms with Crippen molar-refractivity contribution in [2.45, 2.75) is 20.3 Å². The van der Waals surface area contributed by atoms with E-state index in [1.165, 1.54) is 6.08 Å². The Morgan fingerprint density at radius 3 is 2.14 bits per heavy atom. The molecule has 0 amide bonds. The van der Waals surface area contributed by atoms with Gasteiger partial charge in [-0.1, -0.05) is 54.6 Å². The Labute approximate surface area is 131 Å². The molecule has 0 saturated carbocycles. The van der Waals surface area contributed by atoms with Gasteiger partial charge in [-0.2, -0.15) is 0 Å². The minimum absolute atomic E-state index is 0.233. The van der Waals surface area contributed by atoms with E-state index in [2.05, 4.69) is 0 Å². The van der Waals surface area contributed by atoms with Gasteiger partial charge in [0, 0.05) is 0 Å². The smallest absolute Gasteiger partial charge is 0.324 e. The summed E-state index contributed by atoms with van der Waals surface area (Å²) in [5.41, 5.74) is 1.10. The Balaban J connectivity index is 2.59. The third-order valence-corrected chi connectivity index (χ3v) is 2.79. The number of carbonyl (C=O) groups is 2. The lowest BCUT2D eigenvalue weighted by Crippen LogP contribution is -2.26. The van der Waals surface area contributed by atoms with Crippen molar-refractivity contribution in [2.75, 3.05) is 13.2 Å². The van der Waals surface area contributed by atoms with Crippen LogP contribution in [0, 0.1) is 5.92 Å². The first-order chi connectivity index (χ1) is 10.7. The Morgan fingerprint density at radius 2 is 1.59 bits per heavy atom. The molecule has 118 valence electrons. The predicted molar refractivity (Wildman–Crippen MR) is 86.0 cm³/mol. The molecular weight excluding hydrogens is 280 g/mol. The summed E-state index contributed by atoms with van der Waals surface area (Å²) in [4.78, 5) is 23.5. The van der Waals surface area contributed by atoms with Gasteiger partial charge in [-0.25, -0.2) is 0 Å². The third-order valence-electron chi connectivity index (χ3n) is 2.79. The number of esters is 2. The Bertz CT molecular complexity index is 499. The van der Waals surface area contributed by atoms with E-state index in [1.54, 1.807) is 19.9 Å². The number of carbonyl (C=O) groups excluding carboxylic acids is 2. The van der Waals surface area contributed by atoms with Crippen LogP contribution in [0.5, 0.6) is 0 Å². The van der Waals surface area contributed by atoms with Crippen molar-refractivity contribution in [3.8, 4) is 0 Å². The van der Waals surface area contributed by atoms with Gasteiger partial charge in [-0.3, -0.25) is 9.59 Å². The van der Waals surface area contributed by atoms with Crippen LogP contribution >= 0.6 is 0 Å². The summed E-state index contributed by atoms with van der Waals surface area (Å²) < 4.78 is 9.78. The fourth-order valence-electron chi connectivity index (χ4n) is 1.78. The van der Waals surface area contributed by atoms with Crippen LogP contribution in [0.1, 0.15) is 25.8 Å². The number of hydrogen-bond donors (Lipinski definition) is 0. The van der Waals surface area contributed by atoms with Gasteiger partial charge in [0.2, 0.25) is 0 Å². The van der Waals surface area contributed by atoms with Crippen LogP contribution in [0.3, 0.4) is 0 Å². The Kier molecular flexibility index (Phi) is 8.35. The van der Waals surface area contributed by atoms with Crippen LogP contribution in [0.2, 0.25) is 0 Å². The molecule has 22 heavy (non-hydrogen) atoms. The van der Waals surface area contributed by atoms with Crippen LogP contribution in [-0.4, -0.2) is 25.2 Å². The van der Waals surface area contributed by atoms with E-state index < -0.39 is 17.9 Å². The summed E-state index contributed by atoms with van der Waals surface area (Å²) >= 11 is 0. The first-order valence-electron chi connectivity index (χ1n) is 7.40. The largest absolute Gasteiger partial charge is 0.465 e. The highest BCUT2D eigenvalue weighted by Gasteiger charge is 2.26. The SMILES string of the molecule is CCOC(=O)C(/C=C/C/C=C/c1ccccc1)C(=O)OCC. The van der Waals surface area contributed by atoms with Gasteiger partial charge in [0.25, 0.3) is 0 Å². The zero-order valence-electron chi connectivity index (χ0n) is 13.0. The number of rotatable bonds is 8. The van der Waals surface area contributed by atoms with Crippen LogP contribution in [0.25, 0.3) is 6.08 Å². The highest BCUT2D eigenvalue weighted by atomic mass is 16.6. The molecule has 0 spiro atoms. The third kappa shape index (κ3) is 6.39. The maximum absolute atomic E-state index is 11.8. The van der Waals surface area contributed by atoms with Gasteiger partial charge in [0.1, 0.15) is 0 Å². The molecule has 0 saturated heterocycles. The van der Waals surface area contributed by atoms with Gasteiger partial charge < -0.3 is 9.47 Å². The van der Waals surface area contributed by atoms with E-state index in [1.807, 2.05) is 42.5 Å². The standard InChI is InChI=1S/C18H22O4/c1-3-21-17(19)16(18(20)22-4-2)14-10-6-9-13-15-11-7-5-8-12-15/h5,7-14,16H,3-4,6H2,1-2H3/b13-9+,14-10+. The highest BCUT2D eigenvalue weighted by Crippen LogP contribution is 2.08. The molecule has 0 aromatic heterocycles. The molecule has 0 unspecified atom stereocenters. The molecule has 0 fully saturated rings. The van der Waals surface area contributed by atoms with E-state index in [-0.39, 0.29) is 13.2 Å². The minimum Gasteiger partial charge on any atom is -0.465 e. The zero-order chi connectivity index (χ0) is 16.2. The maximum atomic E-state index is 11.8. The monoisotopic (exact) mass is 302 g/mol. The van der Waals surface area contributed by atoms with Crippen molar-refractivity contribution >= 4 is 18.0 Å². The molecule has 1 aromatic carbocycles. The van der Waals surface area contributed by atoms with Crippen LogP contribution in [0.15, 0.2) is 48.6 Å². The average molecular weight is 302 g/mol. The lowest BCUT2D eigenvalue weighted by atomic mass is 10.1. The fourth-order valence-corrected chi connectivity index (χ4v) is 1.78. The van der Waals surface area contributed by atoms with E-state index in [0.717, 1.165) is 5.56 Å². The zero-order valence-corrected chi connectivity index (χ0v) is 13.0. The summed E-state index contributed by atoms with van der Waals surface area (Å²) in [5.74, 6) is -2.15. The van der Waals surface area contributed by atoms with Gasteiger partial charge in [0.05, 0.1) is 13.2 Å². The average Bonchev–Trinajstić information content (AvgIpc) is 2.52. The van der Waals surface area contributed by atoms with E-state index >= 15 is 0 Å². The molecule has 4 nitrogen and oxygen atoms in total. The van der Waals surface area contributed by atoms with Gasteiger partial charge in [0.15, 0.2) is 5.92 Å². The number of hydrogen-bond acceptors (Lipinski definition) is 4. The first kappa shape index (κ1) is 17.7. The van der Waals surface area contributed by atoms with E-state index in [4.69, 9.17) is 9.47 Å². The summed E-state index contributed by atoms with van der Waals surface area (Å²) in [6, 6.07) is 9.89. The first-order valence-corrected chi connectivity index (χ1v) is 7.40. The number of allylic oxidation sites excluding steroid dienone is 2. The summed E-state index contributed by atoms with van der Waals surface area (Å²) in [7, 11) is 0. The summed E-state index contributed by atoms with van der Waals surface area (Å²) in [6.07, 6.45) is 7.85. The lowest BCUT2D eigenvalue weighted by Gasteiger charge is -2.10. The molecule has 0 radical (unpaired) electrons. The minimum atomic E-state index is -0.995. The molecule has 0 bridgehead atoms. The summed E-state index contributed by atoms with van der Waals surface area (Å²) in [6.45, 7) is 3.87. The number of benzene rings is 1. The highest BCUT2D eigenvalue weighted by molar-refractivity contribution is 5.96. The normalized spacial score (nSPS) is 11.2. The molecule has 0 heterocycles. The second-order valence-corrected chi connectivity index (χ2v) is 4.46. The second-order valence-electron chi connectivity index (χ2n) is 4.46. The van der Waals surface area contributed by atoms with Crippen molar-refractivity contribution in [2.24, 2.45) is 5.92 Å². The predicted octanol–water partition coefficient (Wildman–Crippen LogP) is 3.39. The van der Waals surface area contributed by atoms with Crippen LogP contribution < -0.4 is 0 Å². The lowest BCUT2D eigenvalue weighted by molar-refractivity contribution is -0.158. The molecular formula is C18H22O4.